The van der Waals surface area contributed by atoms with Gasteiger partial charge in [0.2, 0.25) is 5.91 Å². The molecule has 0 aromatic heterocycles. The van der Waals surface area contributed by atoms with Crippen LogP contribution in [0.2, 0.25) is 0 Å². The SMILES string of the molecule is CC(=O)N1CCN(/C=C(/C#N)C(=O)NC(C)C23CC4CC(CC(C4)C2)C3)CC1. The summed E-state index contributed by atoms with van der Waals surface area (Å²) in [5.41, 5.74) is 0.408. The second-order valence-corrected chi connectivity index (χ2v) is 9.67. The Hall–Kier alpha value is -2.03. The average Bonchev–Trinajstić information content (AvgIpc) is 2.65. The van der Waals surface area contributed by atoms with Crippen LogP contribution in [0.3, 0.4) is 0 Å². The van der Waals surface area contributed by atoms with Crippen molar-refractivity contribution in [3.63, 3.8) is 0 Å². The molecule has 0 aromatic carbocycles. The van der Waals surface area contributed by atoms with Crippen LogP contribution in [0.15, 0.2) is 11.8 Å². The zero-order chi connectivity index (χ0) is 19.9. The molecule has 0 aromatic rings. The molecule has 1 saturated heterocycles. The van der Waals surface area contributed by atoms with Gasteiger partial charge in [-0.2, -0.15) is 5.26 Å². The Morgan fingerprint density at radius 2 is 1.61 bits per heavy atom. The molecule has 5 aliphatic rings. The Bertz CT molecular complexity index is 679. The normalized spacial score (nSPS) is 35.5. The molecule has 1 aliphatic heterocycles. The molecule has 152 valence electrons. The summed E-state index contributed by atoms with van der Waals surface area (Å²) in [4.78, 5) is 28.1. The lowest BCUT2D eigenvalue weighted by atomic mass is 9.48. The van der Waals surface area contributed by atoms with E-state index in [0.717, 1.165) is 17.8 Å². The van der Waals surface area contributed by atoms with Crippen LogP contribution >= 0.6 is 0 Å². The lowest BCUT2D eigenvalue weighted by molar-refractivity contribution is -0.130. The van der Waals surface area contributed by atoms with Crippen molar-refractivity contribution in [1.29, 1.82) is 5.26 Å². The van der Waals surface area contributed by atoms with Gasteiger partial charge in [-0.05, 0) is 68.6 Å². The van der Waals surface area contributed by atoms with E-state index in [1.165, 1.54) is 38.5 Å². The summed E-state index contributed by atoms with van der Waals surface area (Å²) in [5, 5.41) is 12.7. The van der Waals surface area contributed by atoms with Crippen molar-refractivity contribution >= 4 is 11.8 Å². The number of nitrogens with one attached hydrogen (secondary N) is 1. The first-order valence-corrected chi connectivity index (χ1v) is 10.8. The van der Waals surface area contributed by atoms with Crippen molar-refractivity contribution in [2.75, 3.05) is 26.2 Å². The van der Waals surface area contributed by atoms with Gasteiger partial charge in [-0.25, -0.2) is 0 Å². The minimum atomic E-state index is -0.250. The van der Waals surface area contributed by atoms with Gasteiger partial charge in [0.15, 0.2) is 0 Å². The number of hydrogen-bond donors (Lipinski definition) is 1. The lowest BCUT2D eigenvalue weighted by Crippen LogP contribution is -2.56. The molecular formula is C22H32N4O2. The molecule has 6 nitrogen and oxygen atoms in total. The van der Waals surface area contributed by atoms with Crippen LogP contribution in [0.1, 0.15) is 52.4 Å². The van der Waals surface area contributed by atoms with E-state index in [1.807, 2.05) is 4.90 Å². The molecule has 6 heteroatoms. The molecule has 1 heterocycles. The van der Waals surface area contributed by atoms with E-state index in [2.05, 4.69) is 18.3 Å². The van der Waals surface area contributed by atoms with Gasteiger partial charge in [0.25, 0.3) is 5.91 Å². The molecule has 1 unspecified atom stereocenters. The molecule has 4 aliphatic carbocycles. The van der Waals surface area contributed by atoms with Crippen molar-refractivity contribution in [3.05, 3.63) is 11.8 Å². The summed E-state index contributed by atoms with van der Waals surface area (Å²) in [6.07, 6.45) is 9.54. The number of hydrogen-bond acceptors (Lipinski definition) is 4. The Morgan fingerprint density at radius 3 is 2.07 bits per heavy atom. The van der Waals surface area contributed by atoms with E-state index in [1.54, 1.807) is 18.0 Å². The number of rotatable bonds is 4. The largest absolute Gasteiger partial charge is 0.373 e. The smallest absolute Gasteiger partial charge is 0.263 e. The summed E-state index contributed by atoms with van der Waals surface area (Å²) >= 11 is 0. The van der Waals surface area contributed by atoms with Crippen LogP contribution in [0.4, 0.5) is 0 Å². The van der Waals surface area contributed by atoms with Gasteiger partial charge >= 0.3 is 0 Å². The van der Waals surface area contributed by atoms with Gasteiger partial charge in [-0.15, -0.1) is 0 Å². The standard InChI is InChI=1S/C22H32N4O2/c1-15(22-10-17-7-18(11-22)9-19(8-17)12-22)24-21(28)20(13-23)14-25-3-5-26(6-4-25)16(2)27/h14-15,17-19H,3-12H2,1-2H3,(H,24,28)/b20-14-. The van der Waals surface area contributed by atoms with Gasteiger partial charge in [0.05, 0.1) is 0 Å². The van der Waals surface area contributed by atoms with Crippen molar-refractivity contribution in [2.24, 2.45) is 23.2 Å². The Labute approximate surface area is 167 Å². The third-order valence-corrected chi connectivity index (χ3v) is 7.79. The molecular weight excluding hydrogens is 352 g/mol. The zero-order valence-electron chi connectivity index (χ0n) is 17.1. The Morgan fingerprint density at radius 1 is 1.07 bits per heavy atom. The summed E-state index contributed by atoms with van der Waals surface area (Å²) in [7, 11) is 0. The van der Waals surface area contributed by atoms with Gasteiger partial charge in [-0.3, -0.25) is 9.59 Å². The highest BCUT2D eigenvalue weighted by atomic mass is 16.2. The lowest BCUT2D eigenvalue weighted by Gasteiger charge is -2.59. The summed E-state index contributed by atoms with van der Waals surface area (Å²) < 4.78 is 0. The molecule has 0 radical (unpaired) electrons. The number of nitriles is 1. The van der Waals surface area contributed by atoms with Crippen LogP contribution in [0.5, 0.6) is 0 Å². The molecule has 4 saturated carbocycles. The average molecular weight is 385 g/mol. The summed E-state index contributed by atoms with van der Waals surface area (Å²) in [5.74, 6) is 2.35. The molecule has 2 amide bonds. The van der Waals surface area contributed by atoms with E-state index >= 15 is 0 Å². The summed E-state index contributed by atoms with van der Waals surface area (Å²) in [6, 6.07) is 2.20. The maximum absolute atomic E-state index is 12.8. The van der Waals surface area contributed by atoms with Gasteiger partial charge in [0.1, 0.15) is 11.6 Å². The van der Waals surface area contributed by atoms with E-state index in [-0.39, 0.29) is 28.8 Å². The first-order chi connectivity index (χ1) is 13.4. The molecule has 4 bridgehead atoms. The maximum atomic E-state index is 12.8. The Balaban J connectivity index is 1.38. The first kappa shape index (κ1) is 19.3. The van der Waals surface area contributed by atoms with Crippen molar-refractivity contribution in [1.82, 2.24) is 15.1 Å². The molecule has 28 heavy (non-hydrogen) atoms. The van der Waals surface area contributed by atoms with Crippen molar-refractivity contribution in [3.8, 4) is 6.07 Å². The fourth-order valence-corrected chi connectivity index (χ4v) is 6.62. The van der Waals surface area contributed by atoms with Crippen molar-refractivity contribution in [2.45, 2.75) is 58.4 Å². The fourth-order valence-electron chi connectivity index (χ4n) is 6.62. The second kappa shape index (κ2) is 7.42. The van der Waals surface area contributed by atoms with Crippen LogP contribution in [-0.2, 0) is 9.59 Å². The molecule has 1 N–H and O–H groups in total. The van der Waals surface area contributed by atoms with Crippen LogP contribution in [0, 0.1) is 34.5 Å². The zero-order valence-corrected chi connectivity index (χ0v) is 17.1. The predicted molar refractivity (Wildman–Crippen MR) is 106 cm³/mol. The van der Waals surface area contributed by atoms with E-state index in [4.69, 9.17) is 0 Å². The maximum Gasteiger partial charge on any atom is 0.263 e. The quantitative estimate of drug-likeness (QED) is 0.596. The second-order valence-electron chi connectivity index (χ2n) is 9.67. The van der Waals surface area contributed by atoms with Gasteiger partial charge in [0, 0.05) is 45.3 Å². The van der Waals surface area contributed by atoms with Crippen LogP contribution < -0.4 is 5.32 Å². The number of carbonyl (C=O) groups is 2. The monoisotopic (exact) mass is 384 g/mol. The predicted octanol–water partition coefficient (Wildman–Crippen LogP) is 2.28. The number of nitrogens with zero attached hydrogens (tertiary/aromatic N) is 3. The van der Waals surface area contributed by atoms with Crippen molar-refractivity contribution < 1.29 is 9.59 Å². The highest BCUT2D eigenvalue weighted by Gasteiger charge is 2.53. The first-order valence-electron chi connectivity index (χ1n) is 10.8. The fraction of sp³-hybridized carbons (Fsp3) is 0.773. The van der Waals surface area contributed by atoms with Gasteiger partial charge < -0.3 is 15.1 Å². The Kier molecular flexibility index (Phi) is 5.11. The molecule has 5 rings (SSSR count). The van der Waals surface area contributed by atoms with E-state index in [0.29, 0.717) is 26.2 Å². The minimum absolute atomic E-state index is 0.0753. The van der Waals surface area contributed by atoms with Gasteiger partial charge in [-0.1, -0.05) is 0 Å². The molecule has 5 fully saturated rings. The molecule has 1 atom stereocenters. The van der Waals surface area contributed by atoms with Crippen LogP contribution in [0.25, 0.3) is 0 Å². The third kappa shape index (κ3) is 3.64. The minimum Gasteiger partial charge on any atom is -0.373 e. The van der Waals surface area contributed by atoms with E-state index in [9.17, 15) is 14.9 Å². The third-order valence-electron chi connectivity index (χ3n) is 7.79. The topological polar surface area (TPSA) is 76.4 Å². The van der Waals surface area contributed by atoms with Crippen LogP contribution in [-0.4, -0.2) is 53.8 Å². The van der Waals surface area contributed by atoms with E-state index < -0.39 is 0 Å². The molecule has 0 spiro atoms. The highest BCUT2D eigenvalue weighted by molar-refractivity contribution is 5.97. The number of piperazine rings is 1. The number of amides is 2. The highest BCUT2D eigenvalue weighted by Crippen LogP contribution is 2.61. The number of carbonyl (C=O) groups excluding carboxylic acids is 2. The summed E-state index contributed by atoms with van der Waals surface area (Å²) in [6.45, 7) is 6.30.